The Kier molecular flexibility index (Phi) is 4.98. The van der Waals surface area contributed by atoms with Crippen LogP contribution in [-0.4, -0.2) is 35.2 Å². The van der Waals surface area contributed by atoms with Gasteiger partial charge in [-0.2, -0.15) is 0 Å². The van der Waals surface area contributed by atoms with Gasteiger partial charge in [-0.1, -0.05) is 17.7 Å². The van der Waals surface area contributed by atoms with E-state index in [9.17, 15) is 0 Å². The van der Waals surface area contributed by atoms with Crippen LogP contribution in [0, 0.1) is 19.3 Å². The van der Waals surface area contributed by atoms with E-state index in [4.69, 9.17) is 11.6 Å². The second-order valence-corrected chi connectivity index (χ2v) is 8.59. The molecule has 0 atom stereocenters. The summed E-state index contributed by atoms with van der Waals surface area (Å²) < 4.78 is 2.30. The monoisotopic (exact) mass is 372 g/mol. The zero-order valence-corrected chi connectivity index (χ0v) is 16.6. The van der Waals surface area contributed by atoms with Crippen LogP contribution in [0.4, 0.5) is 5.69 Å². The molecule has 26 heavy (non-hydrogen) atoms. The molecule has 140 valence electrons. The highest BCUT2D eigenvalue weighted by atomic mass is 35.5. The molecule has 0 bridgehead atoms. The van der Waals surface area contributed by atoms with Crippen molar-refractivity contribution in [2.75, 3.05) is 24.5 Å². The van der Waals surface area contributed by atoms with Crippen LogP contribution in [0.5, 0.6) is 0 Å². The molecular weight excluding hydrogens is 344 g/mol. The Morgan fingerprint density at radius 2 is 2.00 bits per heavy atom. The van der Waals surface area contributed by atoms with Crippen molar-refractivity contribution in [1.82, 2.24) is 14.9 Å². The maximum Gasteiger partial charge on any atom is 0.105 e. The SMILES string of the molecule is Cc1ccc(N2CCC(NCC3(Cn4ccnc4C)CC3)CC2)cc1Cl. The molecule has 1 N–H and O–H groups in total. The Balaban J connectivity index is 1.26. The Morgan fingerprint density at radius 1 is 1.23 bits per heavy atom. The van der Waals surface area contributed by atoms with Crippen LogP contribution in [0.25, 0.3) is 0 Å². The number of benzene rings is 1. The molecule has 0 amide bonds. The number of hydrogen-bond donors (Lipinski definition) is 1. The van der Waals surface area contributed by atoms with Crippen molar-refractivity contribution in [3.8, 4) is 0 Å². The van der Waals surface area contributed by atoms with E-state index in [1.165, 1.54) is 31.4 Å². The van der Waals surface area contributed by atoms with Gasteiger partial charge in [0, 0.05) is 60.7 Å². The average molecular weight is 373 g/mol. The van der Waals surface area contributed by atoms with E-state index in [-0.39, 0.29) is 0 Å². The number of imidazole rings is 1. The predicted molar refractivity (Wildman–Crippen MR) is 108 cm³/mol. The van der Waals surface area contributed by atoms with Crippen molar-refractivity contribution in [2.45, 2.75) is 52.1 Å². The third-order valence-corrected chi connectivity index (χ3v) is 6.57. The molecule has 1 saturated carbocycles. The number of rotatable bonds is 6. The second kappa shape index (κ2) is 7.24. The van der Waals surface area contributed by atoms with E-state index >= 15 is 0 Å². The highest BCUT2D eigenvalue weighted by Gasteiger charge is 2.43. The lowest BCUT2D eigenvalue weighted by atomic mass is 10.0. The number of hydrogen-bond acceptors (Lipinski definition) is 3. The molecule has 2 aliphatic rings. The van der Waals surface area contributed by atoms with Crippen LogP contribution in [0.15, 0.2) is 30.6 Å². The maximum atomic E-state index is 6.29. The summed E-state index contributed by atoms with van der Waals surface area (Å²) in [5.41, 5.74) is 2.86. The Labute approximate surface area is 161 Å². The van der Waals surface area contributed by atoms with Gasteiger partial charge in [0.25, 0.3) is 0 Å². The first-order valence-electron chi connectivity index (χ1n) is 9.77. The molecule has 1 aliphatic carbocycles. The lowest BCUT2D eigenvalue weighted by Gasteiger charge is -2.35. The van der Waals surface area contributed by atoms with Crippen molar-refractivity contribution in [3.63, 3.8) is 0 Å². The summed E-state index contributed by atoms with van der Waals surface area (Å²) in [6, 6.07) is 7.06. The van der Waals surface area contributed by atoms with Crippen LogP contribution in [-0.2, 0) is 6.54 Å². The first-order chi connectivity index (χ1) is 12.5. The lowest BCUT2D eigenvalue weighted by Crippen LogP contribution is -2.44. The van der Waals surface area contributed by atoms with Crippen molar-refractivity contribution in [2.24, 2.45) is 5.41 Å². The first kappa shape index (κ1) is 17.9. The lowest BCUT2D eigenvalue weighted by molar-refractivity contribution is 0.335. The van der Waals surface area contributed by atoms with Crippen LogP contribution >= 0.6 is 11.6 Å². The Bertz CT molecular complexity index is 757. The maximum absolute atomic E-state index is 6.29. The van der Waals surface area contributed by atoms with Gasteiger partial charge in [0.05, 0.1) is 0 Å². The van der Waals surface area contributed by atoms with Gasteiger partial charge in [0.2, 0.25) is 0 Å². The molecule has 0 unspecified atom stereocenters. The minimum atomic E-state index is 0.451. The number of anilines is 1. The second-order valence-electron chi connectivity index (χ2n) is 8.18. The Morgan fingerprint density at radius 3 is 2.62 bits per heavy atom. The van der Waals surface area contributed by atoms with E-state index < -0.39 is 0 Å². The topological polar surface area (TPSA) is 33.1 Å². The summed E-state index contributed by atoms with van der Waals surface area (Å²) in [5.74, 6) is 1.13. The molecule has 5 heteroatoms. The van der Waals surface area contributed by atoms with E-state index in [1.807, 2.05) is 6.20 Å². The molecule has 4 rings (SSSR count). The molecule has 4 nitrogen and oxygen atoms in total. The average Bonchev–Trinajstić information content (AvgIpc) is 3.30. The largest absolute Gasteiger partial charge is 0.371 e. The van der Waals surface area contributed by atoms with Gasteiger partial charge >= 0.3 is 0 Å². The highest BCUT2D eigenvalue weighted by Crippen LogP contribution is 2.46. The fourth-order valence-corrected chi connectivity index (χ4v) is 4.16. The molecular formula is C21H29ClN4. The van der Waals surface area contributed by atoms with Crippen LogP contribution in [0.3, 0.4) is 0 Å². The fraction of sp³-hybridized carbons (Fsp3) is 0.571. The summed E-state index contributed by atoms with van der Waals surface area (Å²) >= 11 is 6.29. The molecule has 2 fully saturated rings. The van der Waals surface area contributed by atoms with Crippen LogP contribution in [0.2, 0.25) is 5.02 Å². The molecule has 1 aliphatic heterocycles. The molecule has 2 heterocycles. The number of piperidine rings is 1. The zero-order chi connectivity index (χ0) is 18.1. The minimum Gasteiger partial charge on any atom is -0.371 e. The normalized spacial score (nSPS) is 19.7. The van der Waals surface area contributed by atoms with E-state index in [2.05, 4.69) is 58.0 Å². The summed E-state index contributed by atoms with van der Waals surface area (Å²) in [4.78, 5) is 6.82. The van der Waals surface area contributed by atoms with Gasteiger partial charge in [-0.05, 0) is 57.2 Å². The third kappa shape index (κ3) is 3.91. The van der Waals surface area contributed by atoms with Gasteiger partial charge in [0.15, 0.2) is 0 Å². The first-order valence-corrected chi connectivity index (χ1v) is 10.1. The van der Waals surface area contributed by atoms with Gasteiger partial charge in [-0.15, -0.1) is 0 Å². The quantitative estimate of drug-likeness (QED) is 0.825. The number of halogens is 1. The molecule has 2 aromatic rings. The molecule has 0 spiro atoms. The molecule has 1 aromatic carbocycles. The Hall–Kier alpha value is -1.52. The zero-order valence-electron chi connectivity index (χ0n) is 15.8. The number of nitrogens with one attached hydrogen (secondary N) is 1. The highest BCUT2D eigenvalue weighted by molar-refractivity contribution is 6.31. The van der Waals surface area contributed by atoms with Crippen molar-refractivity contribution in [1.29, 1.82) is 0 Å². The third-order valence-electron chi connectivity index (χ3n) is 6.17. The number of nitrogens with zero attached hydrogens (tertiary/aromatic N) is 3. The summed E-state index contributed by atoms with van der Waals surface area (Å²) in [7, 11) is 0. The molecule has 1 aromatic heterocycles. The van der Waals surface area contributed by atoms with Gasteiger partial charge in [-0.3, -0.25) is 0 Å². The van der Waals surface area contributed by atoms with Crippen LogP contribution < -0.4 is 10.2 Å². The van der Waals surface area contributed by atoms with Gasteiger partial charge in [0.1, 0.15) is 5.82 Å². The van der Waals surface area contributed by atoms with Crippen LogP contribution in [0.1, 0.15) is 37.1 Å². The fourth-order valence-electron chi connectivity index (χ4n) is 3.98. The van der Waals surface area contributed by atoms with Crippen molar-refractivity contribution < 1.29 is 0 Å². The van der Waals surface area contributed by atoms with E-state index in [0.29, 0.717) is 11.5 Å². The standard InChI is InChI=1S/C21H29ClN4/c1-16-3-4-19(13-20(16)22)25-10-5-18(6-11-25)24-14-21(7-8-21)15-26-12-9-23-17(26)2/h3-4,9,12-13,18,24H,5-8,10-11,14-15H2,1-2H3. The summed E-state index contributed by atoms with van der Waals surface area (Å²) in [6.07, 6.45) is 9.08. The van der Waals surface area contributed by atoms with Gasteiger partial charge < -0.3 is 14.8 Å². The summed E-state index contributed by atoms with van der Waals surface area (Å²) in [5, 5.41) is 4.73. The van der Waals surface area contributed by atoms with Crippen molar-refractivity contribution in [3.05, 3.63) is 47.0 Å². The number of aromatic nitrogens is 2. The number of aryl methyl sites for hydroxylation is 2. The minimum absolute atomic E-state index is 0.451. The predicted octanol–water partition coefficient (Wildman–Crippen LogP) is 4.19. The van der Waals surface area contributed by atoms with Gasteiger partial charge in [-0.25, -0.2) is 4.98 Å². The summed E-state index contributed by atoms with van der Waals surface area (Å²) in [6.45, 7) is 8.59. The smallest absolute Gasteiger partial charge is 0.105 e. The van der Waals surface area contributed by atoms with E-state index in [1.54, 1.807) is 0 Å². The molecule has 1 saturated heterocycles. The molecule has 0 radical (unpaired) electrons. The van der Waals surface area contributed by atoms with Crippen molar-refractivity contribution >= 4 is 17.3 Å². The van der Waals surface area contributed by atoms with E-state index in [0.717, 1.165) is 42.6 Å².